The van der Waals surface area contributed by atoms with Crippen molar-refractivity contribution in [3.8, 4) is 0 Å². The Bertz CT molecular complexity index is 404. The van der Waals surface area contributed by atoms with Crippen molar-refractivity contribution in [1.29, 1.82) is 0 Å². The summed E-state index contributed by atoms with van der Waals surface area (Å²) in [6.07, 6.45) is 1.81. The van der Waals surface area contributed by atoms with E-state index in [9.17, 15) is 4.79 Å². The van der Waals surface area contributed by atoms with E-state index in [4.69, 9.17) is 17.3 Å². The van der Waals surface area contributed by atoms with Crippen molar-refractivity contribution in [1.82, 2.24) is 5.32 Å². The van der Waals surface area contributed by atoms with Crippen LogP contribution in [0.3, 0.4) is 0 Å². The largest absolute Gasteiger partial charge is 0.366 e. The van der Waals surface area contributed by atoms with Gasteiger partial charge in [0, 0.05) is 23.2 Å². The van der Waals surface area contributed by atoms with Gasteiger partial charge in [-0.1, -0.05) is 23.7 Å². The molecule has 0 aromatic heterocycles. The van der Waals surface area contributed by atoms with Gasteiger partial charge < -0.3 is 11.1 Å². The summed E-state index contributed by atoms with van der Waals surface area (Å²) in [7, 11) is 0. The van der Waals surface area contributed by atoms with Crippen LogP contribution in [0.5, 0.6) is 0 Å². The first kappa shape index (κ1) is 12.7. The molecule has 0 saturated heterocycles. The predicted octanol–water partition coefficient (Wildman–Crippen LogP) is 2.10. The Balaban J connectivity index is 2.75. The fourth-order valence-corrected chi connectivity index (χ4v) is 1.45. The van der Waals surface area contributed by atoms with Crippen molar-refractivity contribution in [2.24, 2.45) is 5.73 Å². The minimum Gasteiger partial charge on any atom is -0.366 e. The lowest BCUT2D eigenvalue weighted by molar-refractivity contribution is 0.100. The Morgan fingerprint density at radius 2 is 2.38 bits per heavy atom. The monoisotopic (exact) mass is 238 g/mol. The van der Waals surface area contributed by atoms with Crippen LogP contribution in [0.2, 0.25) is 5.02 Å². The van der Waals surface area contributed by atoms with Gasteiger partial charge in [-0.25, -0.2) is 0 Å². The third-order valence-corrected chi connectivity index (χ3v) is 2.66. The van der Waals surface area contributed by atoms with Crippen LogP contribution in [0.1, 0.15) is 22.8 Å². The third-order valence-electron chi connectivity index (χ3n) is 2.31. The lowest BCUT2D eigenvalue weighted by Gasteiger charge is -2.10. The topological polar surface area (TPSA) is 55.1 Å². The summed E-state index contributed by atoms with van der Waals surface area (Å²) in [4.78, 5) is 10.9. The van der Waals surface area contributed by atoms with Gasteiger partial charge in [-0.15, -0.1) is 6.58 Å². The number of nitrogens with two attached hydrogens (primary N) is 1. The molecule has 16 heavy (non-hydrogen) atoms. The van der Waals surface area contributed by atoms with E-state index in [2.05, 4.69) is 11.9 Å². The van der Waals surface area contributed by atoms with Gasteiger partial charge >= 0.3 is 0 Å². The second kappa shape index (κ2) is 5.68. The molecule has 1 atom stereocenters. The van der Waals surface area contributed by atoms with E-state index in [-0.39, 0.29) is 6.04 Å². The Hall–Kier alpha value is -1.32. The third kappa shape index (κ3) is 3.36. The number of benzene rings is 1. The van der Waals surface area contributed by atoms with Crippen molar-refractivity contribution >= 4 is 17.5 Å². The molecule has 0 aliphatic rings. The average molecular weight is 239 g/mol. The zero-order valence-corrected chi connectivity index (χ0v) is 9.92. The highest BCUT2D eigenvalue weighted by Crippen LogP contribution is 2.17. The van der Waals surface area contributed by atoms with Crippen molar-refractivity contribution in [3.05, 3.63) is 47.0 Å². The molecule has 0 bridgehead atoms. The van der Waals surface area contributed by atoms with E-state index < -0.39 is 5.91 Å². The van der Waals surface area contributed by atoms with E-state index in [1.54, 1.807) is 18.2 Å². The molecule has 4 heteroatoms. The zero-order chi connectivity index (χ0) is 12.1. The number of amides is 1. The number of carbonyl (C=O) groups excluding carboxylic acids is 1. The second-order valence-electron chi connectivity index (χ2n) is 3.58. The van der Waals surface area contributed by atoms with Crippen molar-refractivity contribution < 1.29 is 4.79 Å². The average Bonchev–Trinajstić information content (AvgIpc) is 2.26. The van der Waals surface area contributed by atoms with Crippen LogP contribution in [-0.2, 0) is 6.54 Å². The van der Waals surface area contributed by atoms with Crippen molar-refractivity contribution in [2.75, 3.05) is 0 Å². The van der Waals surface area contributed by atoms with E-state index in [0.29, 0.717) is 17.1 Å². The first-order chi connectivity index (χ1) is 7.54. The molecule has 0 aliphatic carbocycles. The molecule has 0 saturated carbocycles. The van der Waals surface area contributed by atoms with Gasteiger partial charge in [0.2, 0.25) is 5.91 Å². The molecule has 0 fully saturated rings. The molecule has 86 valence electrons. The molecule has 1 aromatic carbocycles. The molecule has 1 amide bonds. The first-order valence-electron chi connectivity index (χ1n) is 4.98. The van der Waals surface area contributed by atoms with Gasteiger partial charge in [0.05, 0.1) is 0 Å². The number of halogens is 1. The van der Waals surface area contributed by atoms with Gasteiger partial charge in [0.1, 0.15) is 0 Å². The Morgan fingerprint density at radius 1 is 1.69 bits per heavy atom. The summed E-state index contributed by atoms with van der Waals surface area (Å²) in [5.41, 5.74) is 6.50. The molecular weight excluding hydrogens is 224 g/mol. The van der Waals surface area contributed by atoms with Crippen molar-refractivity contribution in [2.45, 2.75) is 19.5 Å². The van der Waals surface area contributed by atoms with Crippen LogP contribution in [0.4, 0.5) is 0 Å². The Kier molecular flexibility index (Phi) is 4.52. The standard InChI is InChI=1S/C12H15ClN2O/c1-3-8(2)15-7-10-5-4-9(12(14)16)6-11(10)13/h3-6,8,15H,1,7H2,2H3,(H2,14,16). The lowest BCUT2D eigenvalue weighted by Crippen LogP contribution is -2.23. The van der Waals surface area contributed by atoms with E-state index in [0.717, 1.165) is 5.56 Å². The first-order valence-corrected chi connectivity index (χ1v) is 5.36. The second-order valence-corrected chi connectivity index (χ2v) is 3.98. The van der Waals surface area contributed by atoms with Crippen LogP contribution in [0, 0.1) is 0 Å². The summed E-state index contributed by atoms with van der Waals surface area (Å²) in [5.74, 6) is -0.471. The van der Waals surface area contributed by atoms with Crippen LogP contribution in [0.15, 0.2) is 30.9 Å². The van der Waals surface area contributed by atoms with Crippen LogP contribution in [-0.4, -0.2) is 11.9 Å². The van der Waals surface area contributed by atoms with Crippen LogP contribution >= 0.6 is 11.6 Å². The van der Waals surface area contributed by atoms with E-state index in [1.807, 2.05) is 13.0 Å². The van der Waals surface area contributed by atoms with Crippen LogP contribution in [0.25, 0.3) is 0 Å². The van der Waals surface area contributed by atoms with Crippen molar-refractivity contribution in [3.63, 3.8) is 0 Å². The molecule has 1 aromatic rings. The fourth-order valence-electron chi connectivity index (χ4n) is 1.20. The van der Waals surface area contributed by atoms with E-state index >= 15 is 0 Å². The molecule has 0 spiro atoms. The van der Waals surface area contributed by atoms with Gasteiger partial charge in [0.15, 0.2) is 0 Å². The molecule has 0 heterocycles. The summed E-state index contributed by atoms with van der Waals surface area (Å²) < 4.78 is 0. The van der Waals surface area contributed by atoms with Crippen LogP contribution < -0.4 is 11.1 Å². The number of hydrogen-bond acceptors (Lipinski definition) is 2. The predicted molar refractivity (Wildman–Crippen MR) is 66.5 cm³/mol. The summed E-state index contributed by atoms with van der Waals surface area (Å²) in [6.45, 7) is 6.30. The maximum absolute atomic E-state index is 10.9. The summed E-state index contributed by atoms with van der Waals surface area (Å²) in [5, 5.41) is 3.76. The molecule has 0 aliphatic heterocycles. The fraction of sp³-hybridized carbons (Fsp3) is 0.250. The summed E-state index contributed by atoms with van der Waals surface area (Å²) >= 11 is 6.03. The molecule has 0 radical (unpaired) electrons. The molecular formula is C12H15ClN2O. The minimum absolute atomic E-state index is 0.215. The number of carbonyl (C=O) groups is 1. The maximum Gasteiger partial charge on any atom is 0.248 e. The Labute approximate surface area is 100 Å². The smallest absolute Gasteiger partial charge is 0.248 e. The molecule has 1 unspecified atom stereocenters. The number of hydrogen-bond donors (Lipinski definition) is 2. The quantitative estimate of drug-likeness (QED) is 0.772. The SMILES string of the molecule is C=CC(C)NCc1ccc(C(N)=O)cc1Cl. The maximum atomic E-state index is 10.9. The normalized spacial score (nSPS) is 12.1. The number of rotatable bonds is 5. The molecule has 1 rings (SSSR count). The number of primary amides is 1. The van der Waals surface area contributed by atoms with E-state index in [1.165, 1.54) is 0 Å². The highest BCUT2D eigenvalue weighted by molar-refractivity contribution is 6.31. The summed E-state index contributed by atoms with van der Waals surface area (Å²) in [6, 6.07) is 5.26. The molecule has 3 N–H and O–H groups in total. The van der Waals surface area contributed by atoms with Gasteiger partial charge in [-0.05, 0) is 24.6 Å². The lowest BCUT2D eigenvalue weighted by atomic mass is 10.1. The highest BCUT2D eigenvalue weighted by Gasteiger charge is 2.06. The number of nitrogens with one attached hydrogen (secondary N) is 1. The van der Waals surface area contributed by atoms with Gasteiger partial charge in [-0.3, -0.25) is 4.79 Å². The van der Waals surface area contributed by atoms with Gasteiger partial charge in [0.25, 0.3) is 0 Å². The zero-order valence-electron chi connectivity index (χ0n) is 9.16. The van der Waals surface area contributed by atoms with Gasteiger partial charge in [-0.2, -0.15) is 0 Å². The molecule has 3 nitrogen and oxygen atoms in total. The Morgan fingerprint density at radius 3 is 2.88 bits per heavy atom. The highest BCUT2D eigenvalue weighted by atomic mass is 35.5. The minimum atomic E-state index is -0.471.